The summed E-state index contributed by atoms with van der Waals surface area (Å²) in [5.74, 6) is 2.02. The number of aliphatic imine (C=N–C) groups is 2. The maximum absolute atomic E-state index is 4.72. The predicted molar refractivity (Wildman–Crippen MR) is 115 cm³/mol. The molecule has 0 bridgehead atoms. The number of benzene rings is 1. The number of rotatable bonds is 7. The summed E-state index contributed by atoms with van der Waals surface area (Å²) in [6.07, 6.45) is 9.08. The zero-order valence-electron chi connectivity index (χ0n) is 17.5. The van der Waals surface area contributed by atoms with Gasteiger partial charge in [0.25, 0.3) is 0 Å². The molecule has 0 unspecified atom stereocenters. The first-order valence-electron chi connectivity index (χ1n) is 9.26. The van der Waals surface area contributed by atoms with Crippen molar-refractivity contribution in [2.24, 2.45) is 9.98 Å². The molecule has 0 spiro atoms. The lowest BCUT2D eigenvalue weighted by Gasteiger charge is -2.14. The molecular formula is C22H34N4. The van der Waals surface area contributed by atoms with Gasteiger partial charge in [0.2, 0.25) is 0 Å². The van der Waals surface area contributed by atoms with Crippen LogP contribution >= 0.6 is 0 Å². The molecule has 4 heteroatoms. The Morgan fingerprint density at radius 1 is 0.808 bits per heavy atom. The Hall–Kier alpha value is -2.36. The minimum absolute atomic E-state index is 0.690. The number of allylic oxidation sites excluding steroid dienone is 2. The molecule has 0 fully saturated rings. The van der Waals surface area contributed by atoms with Crippen LogP contribution in [0, 0.1) is 0 Å². The van der Waals surface area contributed by atoms with Crippen LogP contribution in [0.4, 0.5) is 0 Å². The highest BCUT2D eigenvalue weighted by molar-refractivity contribution is 5.80. The van der Waals surface area contributed by atoms with E-state index in [0.29, 0.717) is 13.1 Å². The highest BCUT2D eigenvalue weighted by Crippen LogP contribution is 2.14. The summed E-state index contributed by atoms with van der Waals surface area (Å²) in [5, 5.41) is 0. The highest BCUT2D eigenvalue weighted by Gasteiger charge is 2.03. The molecular weight excluding hydrogens is 320 g/mol. The van der Waals surface area contributed by atoms with E-state index in [4.69, 9.17) is 9.98 Å². The molecule has 1 aromatic rings. The van der Waals surface area contributed by atoms with Crippen LogP contribution in [-0.2, 0) is 19.5 Å². The Morgan fingerprint density at radius 3 is 1.54 bits per heavy atom. The van der Waals surface area contributed by atoms with E-state index in [1.807, 2.05) is 76.1 Å². The number of hydrogen-bond acceptors (Lipinski definition) is 2. The molecule has 0 saturated carbocycles. The van der Waals surface area contributed by atoms with Gasteiger partial charge in [0.05, 0.1) is 24.8 Å². The quantitative estimate of drug-likeness (QED) is 0.509. The molecule has 0 heterocycles. The molecule has 1 rings (SSSR count). The van der Waals surface area contributed by atoms with Crippen molar-refractivity contribution in [1.82, 2.24) is 9.80 Å². The summed E-state index contributed by atoms with van der Waals surface area (Å²) in [4.78, 5) is 13.5. The molecule has 4 nitrogen and oxygen atoms in total. The van der Waals surface area contributed by atoms with Gasteiger partial charge in [-0.25, -0.2) is 0 Å². The van der Waals surface area contributed by atoms with E-state index in [1.54, 1.807) is 0 Å². The molecule has 0 atom stereocenters. The Bertz CT molecular complexity index is 629. The fourth-order valence-electron chi connectivity index (χ4n) is 2.52. The normalized spacial score (nSPS) is 13.0. The second kappa shape index (κ2) is 11.3. The lowest BCUT2D eigenvalue weighted by molar-refractivity contribution is 0.673. The highest BCUT2D eigenvalue weighted by atomic mass is 15.1. The number of nitrogens with zero attached hydrogens (tertiary/aromatic N) is 4. The summed E-state index contributed by atoms with van der Waals surface area (Å²) in [7, 11) is 4.04. The molecule has 0 aromatic heterocycles. The molecule has 0 amide bonds. The van der Waals surface area contributed by atoms with Gasteiger partial charge < -0.3 is 9.80 Å². The van der Waals surface area contributed by atoms with E-state index < -0.39 is 0 Å². The third-order valence-electron chi connectivity index (χ3n) is 4.27. The minimum Gasteiger partial charge on any atom is -0.340 e. The van der Waals surface area contributed by atoms with Gasteiger partial charge in [-0.2, -0.15) is 0 Å². The Labute approximate surface area is 159 Å². The van der Waals surface area contributed by atoms with Gasteiger partial charge >= 0.3 is 0 Å². The van der Waals surface area contributed by atoms with Gasteiger partial charge in [0.1, 0.15) is 0 Å². The first-order valence-corrected chi connectivity index (χ1v) is 9.26. The molecule has 0 aliphatic carbocycles. The Balaban J connectivity index is 2.94. The van der Waals surface area contributed by atoms with Crippen LogP contribution in [0.15, 0.2) is 52.7 Å². The second-order valence-electron chi connectivity index (χ2n) is 6.42. The van der Waals surface area contributed by atoms with E-state index in [2.05, 4.69) is 25.1 Å². The third kappa shape index (κ3) is 7.26. The van der Waals surface area contributed by atoms with Gasteiger partial charge in [-0.1, -0.05) is 37.3 Å². The van der Waals surface area contributed by atoms with Crippen molar-refractivity contribution >= 4 is 11.7 Å². The van der Waals surface area contributed by atoms with Gasteiger partial charge in [-0.3, -0.25) is 9.98 Å². The molecule has 142 valence electrons. The SMILES string of the molecule is C/C=C\N(C)/C(C)=N/Cc1cc(CC)cc(C/N=C(\C)N(C)/C=C\C)c1. The number of amidine groups is 2. The average molecular weight is 355 g/mol. The second-order valence-corrected chi connectivity index (χ2v) is 6.42. The van der Waals surface area contributed by atoms with Gasteiger partial charge in [0, 0.05) is 26.5 Å². The largest absolute Gasteiger partial charge is 0.340 e. The Kier molecular flexibility index (Phi) is 9.42. The van der Waals surface area contributed by atoms with Crippen molar-refractivity contribution in [3.8, 4) is 0 Å². The fraction of sp³-hybridized carbons (Fsp3) is 0.455. The lowest BCUT2D eigenvalue weighted by atomic mass is 10.0. The van der Waals surface area contributed by atoms with Crippen molar-refractivity contribution in [2.75, 3.05) is 14.1 Å². The van der Waals surface area contributed by atoms with Crippen LogP contribution in [0.25, 0.3) is 0 Å². The minimum atomic E-state index is 0.690. The summed E-state index contributed by atoms with van der Waals surface area (Å²) < 4.78 is 0. The molecule has 1 aromatic carbocycles. The fourth-order valence-corrected chi connectivity index (χ4v) is 2.52. The van der Waals surface area contributed by atoms with Crippen molar-refractivity contribution in [3.63, 3.8) is 0 Å². The van der Waals surface area contributed by atoms with Crippen molar-refractivity contribution in [3.05, 3.63) is 59.4 Å². The van der Waals surface area contributed by atoms with Crippen molar-refractivity contribution in [2.45, 2.75) is 54.1 Å². The molecule has 0 radical (unpaired) electrons. The zero-order valence-corrected chi connectivity index (χ0v) is 17.5. The van der Waals surface area contributed by atoms with Crippen molar-refractivity contribution in [1.29, 1.82) is 0 Å². The summed E-state index contributed by atoms with van der Waals surface area (Å²) in [5.41, 5.74) is 3.81. The molecule has 0 N–H and O–H groups in total. The molecule has 26 heavy (non-hydrogen) atoms. The van der Waals surface area contributed by atoms with E-state index in [0.717, 1.165) is 18.1 Å². The first-order chi connectivity index (χ1) is 12.4. The van der Waals surface area contributed by atoms with Crippen LogP contribution in [0.5, 0.6) is 0 Å². The summed E-state index contributed by atoms with van der Waals surface area (Å²) in [6.45, 7) is 11.7. The lowest BCUT2D eigenvalue weighted by Crippen LogP contribution is -2.17. The topological polar surface area (TPSA) is 31.2 Å². The first kappa shape index (κ1) is 21.7. The zero-order chi connectivity index (χ0) is 19.5. The molecule has 0 saturated heterocycles. The summed E-state index contributed by atoms with van der Waals surface area (Å²) >= 11 is 0. The number of hydrogen-bond donors (Lipinski definition) is 0. The summed E-state index contributed by atoms with van der Waals surface area (Å²) in [6, 6.07) is 6.72. The molecule has 0 aliphatic rings. The standard InChI is InChI=1S/C22H34N4/c1-8-11-25(6)18(4)23-16-21-13-20(10-3)14-22(15-21)17-24-19(5)26(7)12-9-2/h8-9,11-15H,10,16-17H2,1-7H3/b11-8-,12-9-,23-18+,24-19+. The maximum atomic E-state index is 4.72. The van der Waals surface area contributed by atoms with E-state index in [-0.39, 0.29) is 0 Å². The number of aryl methyl sites for hydroxylation is 1. The third-order valence-corrected chi connectivity index (χ3v) is 4.27. The monoisotopic (exact) mass is 354 g/mol. The molecule has 0 aliphatic heterocycles. The predicted octanol–water partition coefficient (Wildman–Crippen LogP) is 5.02. The van der Waals surface area contributed by atoms with Crippen molar-refractivity contribution < 1.29 is 0 Å². The van der Waals surface area contributed by atoms with E-state index >= 15 is 0 Å². The van der Waals surface area contributed by atoms with Crippen LogP contribution in [0.3, 0.4) is 0 Å². The van der Waals surface area contributed by atoms with Crippen LogP contribution in [0.2, 0.25) is 0 Å². The average Bonchev–Trinajstić information content (AvgIpc) is 2.64. The van der Waals surface area contributed by atoms with Crippen LogP contribution in [0.1, 0.15) is 51.3 Å². The van der Waals surface area contributed by atoms with Gasteiger partial charge in [-0.05, 0) is 50.8 Å². The van der Waals surface area contributed by atoms with E-state index in [1.165, 1.54) is 16.7 Å². The van der Waals surface area contributed by atoms with Gasteiger partial charge in [-0.15, -0.1) is 0 Å². The van der Waals surface area contributed by atoms with Crippen LogP contribution in [-0.4, -0.2) is 35.6 Å². The Morgan fingerprint density at radius 2 is 1.19 bits per heavy atom. The maximum Gasteiger partial charge on any atom is 0.0998 e. The smallest absolute Gasteiger partial charge is 0.0998 e. The van der Waals surface area contributed by atoms with E-state index in [9.17, 15) is 0 Å². The van der Waals surface area contributed by atoms with Crippen LogP contribution < -0.4 is 0 Å². The van der Waals surface area contributed by atoms with Gasteiger partial charge in [0.15, 0.2) is 0 Å².